The van der Waals surface area contributed by atoms with Crippen molar-refractivity contribution in [1.82, 2.24) is 0 Å². The molecule has 1 nitrogen and oxygen atoms in total. The van der Waals surface area contributed by atoms with Crippen LogP contribution in [0.15, 0.2) is 24.3 Å². The van der Waals surface area contributed by atoms with Crippen LogP contribution >= 0.6 is 46.4 Å². The first-order valence-corrected chi connectivity index (χ1v) is 6.67. The van der Waals surface area contributed by atoms with E-state index in [-0.39, 0.29) is 21.2 Å². The second-order valence-corrected chi connectivity index (χ2v) is 5.34. The van der Waals surface area contributed by atoms with E-state index in [0.29, 0.717) is 0 Å². The van der Waals surface area contributed by atoms with Crippen LogP contribution in [0.2, 0.25) is 20.1 Å². The molecule has 0 heterocycles. The SMILES string of the molecule is O=C(c1c(Cl)ccc(F)c1Cl)c1c(Cl)ccc(F)c1Cl. The van der Waals surface area contributed by atoms with E-state index in [4.69, 9.17) is 46.4 Å². The van der Waals surface area contributed by atoms with E-state index in [2.05, 4.69) is 0 Å². The Morgan fingerprint density at radius 3 is 1.45 bits per heavy atom. The topological polar surface area (TPSA) is 17.1 Å². The van der Waals surface area contributed by atoms with Crippen molar-refractivity contribution in [2.75, 3.05) is 0 Å². The zero-order valence-corrected chi connectivity index (χ0v) is 12.5. The molecule has 0 spiro atoms. The Bertz CT molecular complexity index is 657. The summed E-state index contributed by atoms with van der Waals surface area (Å²) in [6, 6.07) is 4.35. The van der Waals surface area contributed by atoms with Crippen molar-refractivity contribution in [3.05, 3.63) is 67.1 Å². The van der Waals surface area contributed by atoms with E-state index in [1.54, 1.807) is 0 Å². The molecule has 0 aliphatic carbocycles. The van der Waals surface area contributed by atoms with Crippen LogP contribution in [0.3, 0.4) is 0 Å². The van der Waals surface area contributed by atoms with Crippen LogP contribution in [0.4, 0.5) is 8.78 Å². The molecule has 0 aromatic heterocycles. The molecule has 2 aromatic rings. The van der Waals surface area contributed by atoms with Gasteiger partial charge in [-0.3, -0.25) is 4.79 Å². The van der Waals surface area contributed by atoms with Gasteiger partial charge in [-0.15, -0.1) is 0 Å². The number of rotatable bonds is 2. The van der Waals surface area contributed by atoms with Crippen molar-refractivity contribution in [2.45, 2.75) is 0 Å². The number of hydrogen-bond acceptors (Lipinski definition) is 1. The van der Waals surface area contributed by atoms with Gasteiger partial charge >= 0.3 is 0 Å². The van der Waals surface area contributed by atoms with Crippen molar-refractivity contribution < 1.29 is 13.6 Å². The normalized spacial score (nSPS) is 10.7. The van der Waals surface area contributed by atoms with Crippen molar-refractivity contribution in [3.8, 4) is 0 Å². The average Bonchev–Trinajstić information content (AvgIpc) is 2.39. The quantitative estimate of drug-likeness (QED) is 0.490. The lowest BCUT2D eigenvalue weighted by atomic mass is 10.0. The highest BCUT2D eigenvalue weighted by molar-refractivity contribution is 6.45. The second-order valence-electron chi connectivity index (χ2n) is 3.77. The van der Waals surface area contributed by atoms with E-state index in [1.165, 1.54) is 0 Å². The van der Waals surface area contributed by atoms with Crippen molar-refractivity contribution >= 4 is 52.2 Å². The molecule has 0 saturated carbocycles. The fourth-order valence-electron chi connectivity index (χ4n) is 1.60. The van der Waals surface area contributed by atoms with Gasteiger partial charge in [-0.25, -0.2) is 8.78 Å². The van der Waals surface area contributed by atoms with Gasteiger partial charge in [0.15, 0.2) is 5.78 Å². The molecule has 2 aromatic carbocycles. The summed E-state index contributed by atoms with van der Waals surface area (Å²) in [6.45, 7) is 0. The number of carbonyl (C=O) groups is 1. The van der Waals surface area contributed by atoms with E-state index < -0.39 is 27.5 Å². The maximum Gasteiger partial charge on any atom is 0.199 e. The number of carbonyl (C=O) groups excluding carboxylic acids is 1. The van der Waals surface area contributed by atoms with Crippen LogP contribution in [0.1, 0.15) is 15.9 Å². The van der Waals surface area contributed by atoms with Gasteiger partial charge in [0, 0.05) is 0 Å². The van der Waals surface area contributed by atoms with Crippen molar-refractivity contribution in [3.63, 3.8) is 0 Å². The third kappa shape index (κ3) is 2.63. The molecule has 0 amide bonds. The Morgan fingerprint density at radius 1 is 0.750 bits per heavy atom. The number of ketones is 1. The summed E-state index contributed by atoms with van der Waals surface area (Å²) >= 11 is 23.1. The summed E-state index contributed by atoms with van der Waals surface area (Å²) in [6.07, 6.45) is 0. The van der Waals surface area contributed by atoms with E-state index in [9.17, 15) is 13.6 Å². The van der Waals surface area contributed by atoms with Crippen molar-refractivity contribution in [2.24, 2.45) is 0 Å². The third-order valence-corrected chi connectivity index (χ3v) is 3.91. The van der Waals surface area contributed by atoms with E-state index >= 15 is 0 Å². The molecule has 0 aliphatic heterocycles. The Kier molecular flexibility index (Phi) is 4.55. The molecule has 0 aliphatic rings. The summed E-state index contributed by atoms with van der Waals surface area (Å²) in [5, 5.41) is -1.12. The number of hydrogen-bond donors (Lipinski definition) is 0. The van der Waals surface area contributed by atoms with Gasteiger partial charge < -0.3 is 0 Å². The Labute approximate surface area is 133 Å². The molecule has 2 rings (SSSR count). The summed E-state index contributed by atoms with van der Waals surface area (Å²) in [4.78, 5) is 12.4. The van der Waals surface area contributed by atoms with Crippen LogP contribution in [-0.2, 0) is 0 Å². The van der Waals surface area contributed by atoms with E-state index in [1.807, 2.05) is 0 Å². The van der Waals surface area contributed by atoms with Gasteiger partial charge in [0.2, 0.25) is 0 Å². The molecule has 0 fully saturated rings. The second kappa shape index (κ2) is 5.86. The maximum absolute atomic E-state index is 13.4. The van der Waals surface area contributed by atoms with Crippen LogP contribution in [-0.4, -0.2) is 5.78 Å². The highest BCUT2D eigenvalue weighted by Gasteiger charge is 2.25. The summed E-state index contributed by atoms with van der Waals surface area (Å²) in [5.74, 6) is -2.51. The van der Waals surface area contributed by atoms with Gasteiger partial charge in [-0.05, 0) is 24.3 Å². The monoisotopic (exact) mass is 354 g/mol. The number of benzene rings is 2. The highest BCUT2D eigenvalue weighted by Crippen LogP contribution is 2.34. The van der Waals surface area contributed by atoms with Crippen LogP contribution in [0.25, 0.3) is 0 Å². The summed E-state index contributed by atoms with van der Waals surface area (Å²) < 4.78 is 26.9. The minimum absolute atomic E-state index is 0.0854. The van der Waals surface area contributed by atoms with Gasteiger partial charge in [-0.1, -0.05) is 46.4 Å². The molecule has 0 bridgehead atoms. The maximum atomic E-state index is 13.4. The van der Waals surface area contributed by atoms with Gasteiger partial charge in [0.25, 0.3) is 0 Å². The summed E-state index contributed by atoms with van der Waals surface area (Å²) in [7, 11) is 0. The molecule has 7 heteroatoms. The molecule has 0 unspecified atom stereocenters. The molecule has 104 valence electrons. The van der Waals surface area contributed by atoms with E-state index in [0.717, 1.165) is 24.3 Å². The molecular weight excluding hydrogens is 352 g/mol. The van der Waals surface area contributed by atoms with Crippen LogP contribution < -0.4 is 0 Å². The fraction of sp³-hybridized carbons (Fsp3) is 0. The Balaban J connectivity index is 2.71. The zero-order chi connectivity index (χ0) is 15.0. The zero-order valence-electron chi connectivity index (χ0n) is 9.49. The van der Waals surface area contributed by atoms with Gasteiger partial charge in [0.05, 0.1) is 31.2 Å². The first kappa shape index (κ1) is 15.5. The Hall–Kier alpha value is -0.870. The van der Waals surface area contributed by atoms with Gasteiger partial charge in [-0.2, -0.15) is 0 Å². The fourth-order valence-corrected chi connectivity index (χ4v) is 2.68. The lowest BCUT2D eigenvalue weighted by Crippen LogP contribution is -2.07. The molecule has 20 heavy (non-hydrogen) atoms. The number of halogens is 6. The molecule has 0 radical (unpaired) electrons. The van der Waals surface area contributed by atoms with Crippen molar-refractivity contribution in [1.29, 1.82) is 0 Å². The molecular formula is C13H4Cl4F2O. The molecule has 0 saturated heterocycles. The standard InChI is InChI=1S/C13H4Cl4F2O/c14-5-1-3-7(18)11(16)9(5)13(20)10-6(15)2-4-8(19)12(10)17/h1-4H. The first-order chi connectivity index (χ1) is 9.34. The smallest absolute Gasteiger partial charge is 0.199 e. The highest BCUT2D eigenvalue weighted by atomic mass is 35.5. The third-order valence-electron chi connectivity index (χ3n) is 2.54. The predicted octanol–water partition coefficient (Wildman–Crippen LogP) is 5.81. The molecule has 0 N–H and O–H groups in total. The van der Waals surface area contributed by atoms with Crippen LogP contribution in [0.5, 0.6) is 0 Å². The largest absolute Gasteiger partial charge is 0.288 e. The Morgan fingerprint density at radius 2 is 1.10 bits per heavy atom. The van der Waals surface area contributed by atoms with Crippen LogP contribution in [0, 0.1) is 11.6 Å². The minimum Gasteiger partial charge on any atom is -0.288 e. The molecule has 0 atom stereocenters. The minimum atomic E-state index is -0.853. The summed E-state index contributed by atoms with van der Waals surface area (Å²) in [5.41, 5.74) is -0.634. The predicted molar refractivity (Wildman–Crippen MR) is 76.3 cm³/mol. The average molecular weight is 356 g/mol. The lowest BCUT2D eigenvalue weighted by molar-refractivity contribution is 0.103. The lowest BCUT2D eigenvalue weighted by Gasteiger charge is -2.10. The first-order valence-electron chi connectivity index (χ1n) is 5.16. The van der Waals surface area contributed by atoms with Gasteiger partial charge in [0.1, 0.15) is 11.6 Å².